The number of piperidine rings is 1. The molecule has 0 aliphatic carbocycles. The van der Waals surface area contributed by atoms with Crippen LogP contribution in [-0.4, -0.2) is 33.6 Å². The van der Waals surface area contributed by atoms with Crippen LogP contribution in [0.4, 0.5) is 11.8 Å². The highest BCUT2D eigenvalue weighted by Gasteiger charge is 2.20. The molecule has 7 nitrogen and oxygen atoms in total. The van der Waals surface area contributed by atoms with Gasteiger partial charge in [0, 0.05) is 12.6 Å². The molecule has 1 atom stereocenters. The van der Waals surface area contributed by atoms with Crippen molar-refractivity contribution < 1.29 is 4.92 Å². The lowest BCUT2D eigenvalue weighted by Gasteiger charge is -2.22. The molecule has 1 aromatic rings. The van der Waals surface area contributed by atoms with Crippen LogP contribution in [0.2, 0.25) is 0 Å². The van der Waals surface area contributed by atoms with Crippen LogP contribution in [0.3, 0.4) is 0 Å². The number of anilines is 1. The van der Waals surface area contributed by atoms with E-state index in [1.54, 1.807) is 7.05 Å². The van der Waals surface area contributed by atoms with Crippen LogP contribution >= 0.6 is 0 Å². The molecule has 1 aromatic heterocycles. The number of imidazole rings is 1. The van der Waals surface area contributed by atoms with E-state index in [2.05, 4.69) is 15.6 Å². The van der Waals surface area contributed by atoms with Crippen LogP contribution in [0, 0.1) is 10.1 Å². The van der Waals surface area contributed by atoms with Gasteiger partial charge in [0.2, 0.25) is 0 Å². The van der Waals surface area contributed by atoms with Crippen LogP contribution in [0.5, 0.6) is 0 Å². The summed E-state index contributed by atoms with van der Waals surface area (Å²) < 4.78 is 1.47. The van der Waals surface area contributed by atoms with Crippen LogP contribution in [-0.2, 0) is 7.05 Å². The zero-order valence-corrected chi connectivity index (χ0v) is 9.14. The third-order valence-electron chi connectivity index (χ3n) is 2.78. The van der Waals surface area contributed by atoms with E-state index in [4.69, 9.17) is 0 Å². The number of rotatable bonds is 3. The maximum absolute atomic E-state index is 10.6. The van der Waals surface area contributed by atoms with Crippen molar-refractivity contribution >= 4 is 11.8 Å². The van der Waals surface area contributed by atoms with E-state index in [9.17, 15) is 10.1 Å². The summed E-state index contributed by atoms with van der Waals surface area (Å²) >= 11 is 0. The molecule has 0 bridgehead atoms. The fourth-order valence-electron chi connectivity index (χ4n) is 1.86. The third kappa shape index (κ3) is 2.13. The summed E-state index contributed by atoms with van der Waals surface area (Å²) in [6, 6.07) is 0.300. The Kier molecular flexibility index (Phi) is 3.04. The number of aromatic nitrogens is 2. The highest BCUT2D eigenvalue weighted by atomic mass is 16.6. The topological polar surface area (TPSA) is 85.0 Å². The van der Waals surface area contributed by atoms with E-state index in [0.29, 0.717) is 12.0 Å². The first kappa shape index (κ1) is 10.9. The Morgan fingerprint density at radius 2 is 2.56 bits per heavy atom. The molecule has 7 heteroatoms. The maximum atomic E-state index is 10.6. The lowest BCUT2D eigenvalue weighted by Crippen LogP contribution is -2.39. The molecule has 1 aliphatic rings. The van der Waals surface area contributed by atoms with Gasteiger partial charge in [0.05, 0.1) is 7.05 Å². The summed E-state index contributed by atoms with van der Waals surface area (Å²) in [4.78, 5) is 14.2. The summed E-state index contributed by atoms with van der Waals surface area (Å²) in [5.74, 6) is 0.562. The molecule has 1 saturated heterocycles. The van der Waals surface area contributed by atoms with Crippen molar-refractivity contribution in [2.45, 2.75) is 18.9 Å². The van der Waals surface area contributed by atoms with Gasteiger partial charge in [0.15, 0.2) is 0 Å². The molecule has 88 valence electrons. The first-order valence-electron chi connectivity index (χ1n) is 5.32. The molecule has 1 aliphatic heterocycles. The Labute approximate surface area is 93.0 Å². The monoisotopic (exact) mass is 225 g/mol. The zero-order chi connectivity index (χ0) is 11.5. The van der Waals surface area contributed by atoms with E-state index in [1.165, 1.54) is 10.8 Å². The molecular weight excluding hydrogens is 210 g/mol. The van der Waals surface area contributed by atoms with Crippen LogP contribution in [0.15, 0.2) is 6.20 Å². The molecule has 0 aromatic carbocycles. The van der Waals surface area contributed by atoms with Crippen molar-refractivity contribution in [2.24, 2.45) is 7.05 Å². The van der Waals surface area contributed by atoms with Gasteiger partial charge in [-0.3, -0.25) is 0 Å². The third-order valence-corrected chi connectivity index (χ3v) is 2.78. The van der Waals surface area contributed by atoms with Crippen molar-refractivity contribution in [1.82, 2.24) is 14.9 Å². The normalized spacial score (nSPS) is 20.7. The van der Waals surface area contributed by atoms with Crippen LogP contribution in [0.25, 0.3) is 0 Å². The van der Waals surface area contributed by atoms with Gasteiger partial charge in [-0.05, 0) is 24.3 Å². The van der Waals surface area contributed by atoms with Crippen molar-refractivity contribution in [2.75, 3.05) is 18.4 Å². The van der Waals surface area contributed by atoms with Crippen molar-refractivity contribution in [3.05, 3.63) is 16.3 Å². The highest BCUT2D eigenvalue weighted by Crippen LogP contribution is 2.17. The molecule has 2 heterocycles. The van der Waals surface area contributed by atoms with E-state index >= 15 is 0 Å². The first-order chi connectivity index (χ1) is 7.68. The van der Waals surface area contributed by atoms with E-state index in [-0.39, 0.29) is 5.82 Å². The van der Waals surface area contributed by atoms with E-state index in [1.807, 2.05) is 0 Å². The second kappa shape index (κ2) is 4.48. The number of hydrogen-bond donors (Lipinski definition) is 2. The second-order valence-electron chi connectivity index (χ2n) is 3.94. The van der Waals surface area contributed by atoms with Gasteiger partial charge in [-0.2, -0.15) is 9.55 Å². The van der Waals surface area contributed by atoms with Gasteiger partial charge in [-0.1, -0.05) is 0 Å². The van der Waals surface area contributed by atoms with Gasteiger partial charge < -0.3 is 20.7 Å². The number of nitrogens with one attached hydrogen (secondary N) is 2. The highest BCUT2D eigenvalue weighted by molar-refractivity contribution is 5.36. The Balaban J connectivity index is 2.06. The minimum atomic E-state index is -0.433. The van der Waals surface area contributed by atoms with Gasteiger partial charge in [0.1, 0.15) is 6.20 Å². The van der Waals surface area contributed by atoms with E-state index < -0.39 is 4.92 Å². The minimum Gasteiger partial charge on any atom is -0.358 e. The maximum Gasteiger partial charge on any atom is 0.344 e. The molecular formula is C9H15N5O2. The van der Waals surface area contributed by atoms with Crippen LogP contribution < -0.4 is 10.6 Å². The van der Waals surface area contributed by atoms with Gasteiger partial charge >= 0.3 is 5.82 Å². The van der Waals surface area contributed by atoms with Crippen molar-refractivity contribution in [3.63, 3.8) is 0 Å². The van der Waals surface area contributed by atoms with Gasteiger partial charge in [-0.25, -0.2) is 0 Å². The molecule has 2 N–H and O–H groups in total. The average molecular weight is 225 g/mol. The lowest BCUT2D eigenvalue weighted by atomic mass is 10.1. The van der Waals surface area contributed by atoms with Gasteiger partial charge in [0.25, 0.3) is 5.95 Å². The van der Waals surface area contributed by atoms with Crippen molar-refractivity contribution in [3.8, 4) is 0 Å². The Morgan fingerprint density at radius 1 is 1.75 bits per heavy atom. The molecule has 2 rings (SSSR count). The Morgan fingerprint density at radius 3 is 3.12 bits per heavy atom. The van der Waals surface area contributed by atoms with Crippen molar-refractivity contribution in [1.29, 1.82) is 0 Å². The smallest absolute Gasteiger partial charge is 0.344 e. The standard InChI is InChI=1S/C9H15N5O2/c1-13-8(14(15)16)6-11-9(13)12-7-3-2-4-10-5-7/h6-7,10H,2-5H2,1H3,(H,11,12). The number of hydrogen-bond acceptors (Lipinski definition) is 5. The predicted molar refractivity (Wildman–Crippen MR) is 59.4 cm³/mol. The Bertz CT molecular complexity index is 383. The molecule has 0 saturated carbocycles. The van der Waals surface area contributed by atoms with Gasteiger partial charge in [-0.15, -0.1) is 0 Å². The zero-order valence-electron chi connectivity index (χ0n) is 9.14. The minimum absolute atomic E-state index is 0.00580. The lowest BCUT2D eigenvalue weighted by molar-refractivity contribution is -0.391. The molecule has 1 unspecified atom stereocenters. The molecule has 1 fully saturated rings. The summed E-state index contributed by atoms with van der Waals surface area (Å²) in [6.07, 6.45) is 3.45. The molecule has 0 radical (unpaired) electrons. The number of nitrogens with zero attached hydrogens (tertiary/aromatic N) is 3. The van der Waals surface area contributed by atoms with Crippen LogP contribution in [0.1, 0.15) is 12.8 Å². The fraction of sp³-hybridized carbons (Fsp3) is 0.667. The largest absolute Gasteiger partial charge is 0.358 e. The summed E-state index contributed by atoms with van der Waals surface area (Å²) in [5.41, 5.74) is 0. The summed E-state index contributed by atoms with van der Waals surface area (Å²) in [7, 11) is 1.64. The molecule has 0 amide bonds. The average Bonchev–Trinajstić information content (AvgIpc) is 2.62. The van der Waals surface area contributed by atoms with E-state index in [0.717, 1.165) is 25.9 Å². The SMILES string of the molecule is Cn1c([N+](=O)[O-])cnc1NC1CCCNC1. The first-order valence-corrected chi connectivity index (χ1v) is 5.32. The second-order valence-corrected chi connectivity index (χ2v) is 3.94. The molecule has 0 spiro atoms. The molecule has 16 heavy (non-hydrogen) atoms. The quantitative estimate of drug-likeness (QED) is 0.577. The summed E-state index contributed by atoms with van der Waals surface area (Å²) in [5, 5.41) is 17.1. The number of nitro groups is 1. The predicted octanol–water partition coefficient (Wildman–Crippen LogP) is 0.492. The Hall–Kier alpha value is -1.63. The summed E-state index contributed by atoms with van der Waals surface area (Å²) in [6.45, 7) is 1.92. The fourth-order valence-corrected chi connectivity index (χ4v) is 1.86.